The fourth-order valence-corrected chi connectivity index (χ4v) is 2.20. The van der Waals surface area contributed by atoms with Crippen molar-refractivity contribution < 1.29 is 4.74 Å². The normalized spacial score (nSPS) is 10.4. The first-order valence-electron chi connectivity index (χ1n) is 5.61. The first-order chi connectivity index (χ1) is 8.60. The molecule has 2 aromatic carbocycles. The maximum atomic E-state index is 6.07. The van der Waals surface area contributed by atoms with E-state index in [-0.39, 0.29) is 0 Å². The van der Waals surface area contributed by atoms with E-state index in [0.717, 1.165) is 27.2 Å². The number of hydrogen-bond donors (Lipinski definition) is 1. The van der Waals surface area contributed by atoms with E-state index >= 15 is 0 Å². The minimum absolute atomic E-state index is 0.603. The van der Waals surface area contributed by atoms with Gasteiger partial charge in [-0.25, -0.2) is 0 Å². The molecule has 94 valence electrons. The molecular weight excluding hydrogens is 314 g/mol. The summed E-state index contributed by atoms with van der Waals surface area (Å²) in [6.45, 7) is 2.05. The number of hydrogen-bond acceptors (Lipinski definition) is 2. The van der Waals surface area contributed by atoms with Gasteiger partial charge in [0.2, 0.25) is 0 Å². The molecule has 0 spiro atoms. The summed E-state index contributed by atoms with van der Waals surface area (Å²) in [7, 11) is 0. The van der Waals surface area contributed by atoms with Crippen molar-refractivity contribution in [3.05, 3.63) is 51.5 Å². The molecule has 0 atom stereocenters. The Kier molecular flexibility index (Phi) is 4.15. The Morgan fingerprint density at radius 1 is 1.22 bits per heavy atom. The van der Waals surface area contributed by atoms with E-state index in [1.54, 1.807) is 6.07 Å². The number of ether oxygens (including phenoxy) is 1. The highest BCUT2D eigenvalue weighted by Crippen LogP contribution is 2.32. The molecule has 0 heterocycles. The van der Waals surface area contributed by atoms with Crippen LogP contribution in [0, 0.1) is 0 Å². The van der Waals surface area contributed by atoms with Gasteiger partial charge in [-0.05, 0) is 48.4 Å². The van der Waals surface area contributed by atoms with Crippen molar-refractivity contribution in [1.29, 1.82) is 0 Å². The van der Waals surface area contributed by atoms with Crippen molar-refractivity contribution in [2.24, 2.45) is 0 Å². The number of nitrogens with two attached hydrogens (primary N) is 1. The predicted molar refractivity (Wildman–Crippen MR) is 79.5 cm³/mol. The molecule has 18 heavy (non-hydrogen) atoms. The summed E-state index contributed by atoms with van der Waals surface area (Å²) in [5.41, 5.74) is 7.53. The van der Waals surface area contributed by atoms with Gasteiger partial charge >= 0.3 is 0 Å². The second kappa shape index (κ2) is 5.63. The molecule has 4 heteroatoms. The van der Waals surface area contributed by atoms with Crippen LogP contribution in [0.15, 0.2) is 40.9 Å². The van der Waals surface area contributed by atoms with E-state index in [0.29, 0.717) is 11.4 Å². The van der Waals surface area contributed by atoms with Crippen LogP contribution in [-0.2, 0) is 6.42 Å². The Morgan fingerprint density at radius 2 is 2.00 bits per heavy atom. The number of aryl methyl sites for hydroxylation is 1. The molecule has 2 rings (SSSR count). The topological polar surface area (TPSA) is 35.2 Å². The van der Waals surface area contributed by atoms with Gasteiger partial charge < -0.3 is 10.5 Å². The second-order valence-electron chi connectivity index (χ2n) is 3.89. The van der Waals surface area contributed by atoms with E-state index in [4.69, 9.17) is 22.1 Å². The van der Waals surface area contributed by atoms with Crippen molar-refractivity contribution in [3.8, 4) is 11.5 Å². The van der Waals surface area contributed by atoms with Crippen molar-refractivity contribution in [2.45, 2.75) is 13.3 Å². The zero-order valence-electron chi connectivity index (χ0n) is 9.91. The number of nitrogen functional groups attached to an aromatic ring is 1. The van der Waals surface area contributed by atoms with E-state index < -0.39 is 0 Å². The molecule has 0 aliphatic heterocycles. The van der Waals surface area contributed by atoms with Crippen LogP contribution in [0.2, 0.25) is 5.02 Å². The molecule has 0 fully saturated rings. The largest absolute Gasteiger partial charge is 0.455 e. The Hall–Kier alpha value is -1.19. The van der Waals surface area contributed by atoms with Crippen molar-refractivity contribution in [3.63, 3.8) is 0 Å². The molecule has 0 aromatic heterocycles. The smallest absolute Gasteiger partial charge is 0.151 e. The van der Waals surface area contributed by atoms with Gasteiger partial charge in [-0.1, -0.05) is 34.5 Å². The molecule has 0 aliphatic rings. The van der Waals surface area contributed by atoms with Crippen LogP contribution < -0.4 is 10.5 Å². The molecule has 0 aliphatic carbocycles. The van der Waals surface area contributed by atoms with Crippen LogP contribution in [0.4, 0.5) is 5.69 Å². The van der Waals surface area contributed by atoms with Crippen molar-refractivity contribution in [1.82, 2.24) is 0 Å². The van der Waals surface area contributed by atoms with Gasteiger partial charge in [0.05, 0.1) is 5.69 Å². The fraction of sp³-hybridized carbons (Fsp3) is 0.143. The Labute approximate surface area is 120 Å². The number of anilines is 1. The van der Waals surface area contributed by atoms with Gasteiger partial charge in [0.15, 0.2) is 5.75 Å². The summed E-state index contributed by atoms with van der Waals surface area (Å²) in [5.74, 6) is 1.37. The van der Waals surface area contributed by atoms with Crippen LogP contribution in [0.3, 0.4) is 0 Å². The Bertz CT molecular complexity index is 572. The lowest BCUT2D eigenvalue weighted by Gasteiger charge is -2.10. The molecule has 0 amide bonds. The van der Waals surface area contributed by atoms with Gasteiger partial charge in [0.25, 0.3) is 0 Å². The number of benzene rings is 2. The highest BCUT2D eigenvalue weighted by atomic mass is 79.9. The van der Waals surface area contributed by atoms with Gasteiger partial charge in [-0.3, -0.25) is 0 Å². The summed E-state index contributed by atoms with van der Waals surface area (Å²) < 4.78 is 6.70. The van der Waals surface area contributed by atoms with Crippen LogP contribution in [0.5, 0.6) is 11.5 Å². The first-order valence-corrected chi connectivity index (χ1v) is 6.78. The maximum absolute atomic E-state index is 6.07. The lowest BCUT2D eigenvalue weighted by atomic mass is 10.1. The SMILES string of the molecule is CCc1cc(Oc2cc(Br)ccc2N)ccc1Cl. The highest BCUT2D eigenvalue weighted by molar-refractivity contribution is 9.10. The highest BCUT2D eigenvalue weighted by Gasteiger charge is 2.05. The molecular formula is C14H13BrClNO. The van der Waals surface area contributed by atoms with Gasteiger partial charge in [-0.15, -0.1) is 0 Å². The van der Waals surface area contributed by atoms with E-state index in [2.05, 4.69) is 22.9 Å². The molecule has 0 bridgehead atoms. The third-order valence-electron chi connectivity index (χ3n) is 2.60. The summed E-state index contributed by atoms with van der Waals surface area (Å²) in [6, 6.07) is 11.1. The maximum Gasteiger partial charge on any atom is 0.151 e. The van der Waals surface area contributed by atoms with Crippen LogP contribution in [0.1, 0.15) is 12.5 Å². The van der Waals surface area contributed by atoms with Crippen LogP contribution in [0.25, 0.3) is 0 Å². The Morgan fingerprint density at radius 3 is 2.72 bits per heavy atom. The molecule has 0 saturated carbocycles. The second-order valence-corrected chi connectivity index (χ2v) is 5.21. The third kappa shape index (κ3) is 2.98. The molecule has 0 unspecified atom stereocenters. The number of halogens is 2. The zero-order chi connectivity index (χ0) is 13.1. The summed E-state index contributed by atoms with van der Waals surface area (Å²) in [6.07, 6.45) is 0.865. The lowest BCUT2D eigenvalue weighted by molar-refractivity contribution is 0.484. The minimum atomic E-state index is 0.603. The number of rotatable bonds is 3. The molecule has 2 nitrogen and oxygen atoms in total. The van der Waals surface area contributed by atoms with Gasteiger partial charge in [-0.2, -0.15) is 0 Å². The molecule has 0 radical (unpaired) electrons. The Balaban J connectivity index is 2.31. The average molecular weight is 327 g/mol. The van der Waals surface area contributed by atoms with Crippen molar-refractivity contribution in [2.75, 3.05) is 5.73 Å². The lowest BCUT2D eigenvalue weighted by Crippen LogP contribution is -1.93. The average Bonchev–Trinajstić information content (AvgIpc) is 2.36. The molecule has 2 aromatic rings. The van der Waals surface area contributed by atoms with Crippen LogP contribution in [-0.4, -0.2) is 0 Å². The molecule has 2 N–H and O–H groups in total. The van der Waals surface area contributed by atoms with Crippen molar-refractivity contribution >= 4 is 33.2 Å². The molecule has 0 saturated heterocycles. The third-order valence-corrected chi connectivity index (χ3v) is 3.46. The van der Waals surface area contributed by atoms with E-state index in [1.165, 1.54) is 0 Å². The van der Waals surface area contributed by atoms with E-state index in [9.17, 15) is 0 Å². The van der Waals surface area contributed by atoms with Gasteiger partial charge in [0.1, 0.15) is 5.75 Å². The quantitative estimate of drug-likeness (QED) is 0.802. The van der Waals surface area contributed by atoms with Gasteiger partial charge in [0, 0.05) is 9.50 Å². The van der Waals surface area contributed by atoms with Crippen LogP contribution >= 0.6 is 27.5 Å². The summed E-state index contributed by atoms with van der Waals surface area (Å²) in [5, 5.41) is 0.757. The van der Waals surface area contributed by atoms with E-state index in [1.807, 2.05) is 30.3 Å². The predicted octanol–water partition coefficient (Wildman–Crippen LogP) is 5.04. The summed E-state index contributed by atoms with van der Waals surface area (Å²) in [4.78, 5) is 0. The zero-order valence-corrected chi connectivity index (χ0v) is 12.3. The standard InChI is InChI=1S/C14H13BrClNO/c1-2-9-7-11(4-5-12(9)16)18-14-8-10(15)3-6-13(14)17/h3-8H,2,17H2,1H3. The summed E-state index contributed by atoms with van der Waals surface area (Å²) >= 11 is 9.46. The monoisotopic (exact) mass is 325 g/mol. The first kappa shape index (κ1) is 13.2. The fourth-order valence-electron chi connectivity index (χ4n) is 1.61. The minimum Gasteiger partial charge on any atom is -0.455 e.